The molecule has 0 fully saturated rings. The molecule has 0 saturated heterocycles. The summed E-state index contributed by atoms with van der Waals surface area (Å²) in [5, 5.41) is 5.13. The molecule has 6 rings (SSSR count). The molecule has 1 amide bonds. The number of carbonyl (C=O) groups excluding carboxylic acids is 1. The third-order valence-corrected chi connectivity index (χ3v) is 8.62. The second-order valence-electron chi connectivity index (χ2n) is 8.96. The number of aromatic nitrogens is 1. The lowest BCUT2D eigenvalue weighted by Gasteiger charge is -2.27. The second kappa shape index (κ2) is 9.38. The quantitative estimate of drug-likeness (QED) is 0.282. The van der Waals surface area contributed by atoms with E-state index < -0.39 is 0 Å². The fourth-order valence-electron chi connectivity index (χ4n) is 4.61. The van der Waals surface area contributed by atoms with Crippen LogP contribution >= 0.6 is 22.7 Å². The van der Waals surface area contributed by atoms with Crippen LogP contribution in [0.25, 0.3) is 20.8 Å². The van der Waals surface area contributed by atoms with E-state index in [1.54, 1.807) is 22.7 Å². The molecule has 0 radical (unpaired) electrons. The van der Waals surface area contributed by atoms with Crippen LogP contribution in [0.2, 0.25) is 0 Å². The van der Waals surface area contributed by atoms with E-state index in [4.69, 9.17) is 4.98 Å². The van der Waals surface area contributed by atoms with E-state index >= 15 is 0 Å². The molecular formula is C29H25N3OS2. The van der Waals surface area contributed by atoms with Gasteiger partial charge in [0.2, 0.25) is 0 Å². The lowest BCUT2D eigenvalue weighted by molar-refractivity contribution is 0.102. The van der Waals surface area contributed by atoms with E-state index in [0.29, 0.717) is 5.56 Å². The lowest BCUT2D eigenvalue weighted by atomic mass is 10.0. The van der Waals surface area contributed by atoms with E-state index in [1.807, 2.05) is 37.3 Å². The summed E-state index contributed by atoms with van der Waals surface area (Å²) in [5.41, 5.74) is 6.57. The van der Waals surface area contributed by atoms with Gasteiger partial charge in [-0.15, -0.1) is 22.7 Å². The minimum atomic E-state index is -0.0768. The molecule has 174 valence electrons. The van der Waals surface area contributed by atoms with Crippen LogP contribution in [0, 0.1) is 6.92 Å². The molecule has 0 bridgehead atoms. The molecule has 1 aliphatic heterocycles. The number of aryl methyl sites for hydroxylation is 1. The third kappa shape index (κ3) is 4.52. The number of nitrogens with one attached hydrogen (secondary N) is 1. The molecule has 1 aliphatic rings. The van der Waals surface area contributed by atoms with Crippen molar-refractivity contribution in [1.82, 2.24) is 9.88 Å². The Labute approximate surface area is 212 Å². The van der Waals surface area contributed by atoms with Gasteiger partial charge in [-0.25, -0.2) is 4.98 Å². The van der Waals surface area contributed by atoms with Crippen LogP contribution in [-0.4, -0.2) is 22.3 Å². The highest BCUT2D eigenvalue weighted by atomic mass is 32.1. The maximum Gasteiger partial charge on any atom is 0.256 e. The number of para-hydroxylation sites is 1. The number of hydrogen-bond donors (Lipinski definition) is 1. The smallest absolute Gasteiger partial charge is 0.256 e. The number of thiophene rings is 1. The van der Waals surface area contributed by atoms with Crippen molar-refractivity contribution in [2.24, 2.45) is 0 Å². The van der Waals surface area contributed by atoms with Gasteiger partial charge in [-0.2, -0.15) is 0 Å². The summed E-state index contributed by atoms with van der Waals surface area (Å²) in [7, 11) is 0. The molecule has 0 aliphatic carbocycles. The van der Waals surface area contributed by atoms with Gasteiger partial charge < -0.3 is 5.32 Å². The predicted molar refractivity (Wildman–Crippen MR) is 146 cm³/mol. The van der Waals surface area contributed by atoms with Gasteiger partial charge in [0.05, 0.1) is 10.2 Å². The number of amides is 1. The molecule has 5 aromatic rings. The normalized spacial score (nSPS) is 13.6. The average molecular weight is 496 g/mol. The fourth-order valence-corrected chi connectivity index (χ4v) is 7.00. The largest absolute Gasteiger partial charge is 0.313 e. The maximum atomic E-state index is 13.2. The minimum absolute atomic E-state index is 0.0768. The number of nitrogens with zero attached hydrogens (tertiary/aromatic N) is 2. The highest BCUT2D eigenvalue weighted by molar-refractivity contribution is 7.23. The van der Waals surface area contributed by atoms with Gasteiger partial charge in [0, 0.05) is 35.6 Å². The van der Waals surface area contributed by atoms with Gasteiger partial charge in [-0.3, -0.25) is 9.69 Å². The molecule has 1 N–H and O–H groups in total. The Morgan fingerprint density at radius 3 is 2.54 bits per heavy atom. The summed E-state index contributed by atoms with van der Waals surface area (Å²) < 4.78 is 1.17. The van der Waals surface area contributed by atoms with E-state index in [9.17, 15) is 4.79 Å². The molecule has 6 heteroatoms. The van der Waals surface area contributed by atoms with Crippen LogP contribution in [0.15, 0.2) is 78.9 Å². The molecule has 3 heterocycles. The monoisotopic (exact) mass is 495 g/mol. The Kier molecular flexibility index (Phi) is 5.94. The van der Waals surface area contributed by atoms with Crippen LogP contribution < -0.4 is 5.32 Å². The Balaban J connectivity index is 1.36. The fraction of sp³-hybridized carbons (Fsp3) is 0.172. The van der Waals surface area contributed by atoms with Gasteiger partial charge in [-0.1, -0.05) is 60.2 Å². The molecule has 0 atom stereocenters. The van der Waals surface area contributed by atoms with Gasteiger partial charge in [0.25, 0.3) is 5.91 Å². The van der Waals surface area contributed by atoms with Gasteiger partial charge in [0.15, 0.2) is 0 Å². The third-order valence-electron chi connectivity index (χ3n) is 6.43. The zero-order valence-electron chi connectivity index (χ0n) is 19.5. The summed E-state index contributed by atoms with van der Waals surface area (Å²) >= 11 is 3.40. The Morgan fingerprint density at radius 2 is 1.74 bits per heavy atom. The lowest BCUT2D eigenvalue weighted by Crippen LogP contribution is -2.29. The van der Waals surface area contributed by atoms with E-state index in [0.717, 1.165) is 52.7 Å². The van der Waals surface area contributed by atoms with Crippen molar-refractivity contribution in [2.45, 2.75) is 26.4 Å². The van der Waals surface area contributed by atoms with Crippen molar-refractivity contribution in [3.05, 3.63) is 106 Å². The van der Waals surface area contributed by atoms with Crippen molar-refractivity contribution in [3.8, 4) is 10.6 Å². The number of hydrogen-bond acceptors (Lipinski definition) is 5. The second-order valence-corrected chi connectivity index (χ2v) is 11.1. The van der Waals surface area contributed by atoms with Crippen LogP contribution in [0.5, 0.6) is 0 Å². The molecule has 2 aromatic heterocycles. The zero-order chi connectivity index (χ0) is 23.8. The van der Waals surface area contributed by atoms with Crippen molar-refractivity contribution < 1.29 is 4.79 Å². The highest BCUT2D eigenvalue weighted by Crippen LogP contribution is 2.46. The molecule has 0 saturated carbocycles. The zero-order valence-corrected chi connectivity index (χ0v) is 21.1. The van der Waals surface area contributed by atoms with E-state index in [1.165, 1.54) is 20.7 Å². The number of rotatable bonds is 5. The molecule has 0 spiro atoms. The van der Waals surface area contributed by atoms with Crippen molar-refractivity contribution in [1.29, 1.82) is 0 Å². The summed E-state index contributed by atoms with van der Waals surface area (Å²) in [6, 6.07) is 26.6. The standard InChI is InChI=1S/C29H25N3OS2/c1-19-11-13-21(14-12-19)27(33)31-29-26(28-30-23-9-5-6-10-24(23)34-28)22-15-16-32(18-25(22)35-29)17-20-7-3-2-4-8-20/h2-14H,15-18H2,1H3,(H,31,33). The maximum absolute atomic E-state index is 13.2. The van der Waals surface area contributed by atoms with E-state index in [2.05, 4.69) is 58.7 Å². The van der Waals surface area contributed by atoms with Crippen LogP contribution in [0.1, 0.15) is 31.9 Å². The minimum Gasteiger partial charge on any atom is -0.313 e. The first-order valence-electron chi connectivity index (χ1n) is 11.8. The van der Waals surface area contributed by atoms with Gasteiger partial charge >= 0.3 is 0 Å². The van der Waals surface area contributed by atoms with Crippen molar-refractivity contribution in [3.63, 3.8) is 0 Å². The number of thiazole rings is 1. The topological polar surface area (TPSA) is 45.2 Å². The van der Waals surface area contributed by atoms with Crippen LogP contribution in [0.3, 0.4) is 0 Å². The highest BCUT2D eigenvalue weighted by Gasteiger charge is 2.28. The first-order chi connectivity index (χ1) is 17.1. The number of benzene rings is 3. The van der Waals surface area contributed by atoms with Crippen molar-refractivity contribution in [2.75, 3.05) is 11.9 Å². The number of anilines is 1. The molecule has 35 heavy (non-hydrogen) atoms. The summed E-state index contributed by atoms with van der Waals surface area (Å²) in [5.74, 6) is -0.0768. The van der Waals surface area contributed by atoms with Crippen LogP contribution in [0.4, 0.5) is 5.00 Å². The first kappa shape index (κ1) is 22.2. The van der Waals surface area contributed by atoms with Crippen LogP contribution in [-0.2, 0) is 19.5 Å². The van der Waals surface area contributed by atoms with E-state index in [-0.39, 0.29) is 5.91 Å². The summed E-state index contributed by atoms with van der Waals surface area (Å²) in [6.45, 7) is 4.83. The Hall–Kier alpha value is -3.32. The average Bonchev–Trinajstić information content (AvgIpc) is 3.45. The number of fused-ring (bicyclic) bond motifs is 2. The number of carbonyl (C=O) groups is 1. The molecule has 0 unspecified atom stereocenters. The van der Waals surface area contributed by atoms with Crippen molar-refractivity contribution >= 4 is 43.8 Å². The first-order valence-corrected chi connectivity index (χ1v) is 13.4. The predicted octanol–water partition coefficient (Wildman–Crippen LogP) is 7.14. The SMILES string of the molecule is Cc1ccc(C(=O)Nc2sc3c(c2-c2nc4ccccc4s2)CCN(Cc2ccccc2)C3)cc1. The summed E-state index contributed by atoms with van der Waals surface area (Å²) in [4.78, 5) is 21.9. The molecular weight excluding hydrogens is 470 g/mol. The molecule has 3 aromatic carbocycles. The molecule has 4 nitrogen and oxygen atoms in total. The summed E-state index contributed by atoms with van der Waals surface area (Å²) in [6.07, 6.45) is 0.949. The van der Waals surface area contributed by atoms with Gasteiger partial charge in [-0.05, 0) is 48.7 Å². The Morgan fingerprint density at radius 1 is 0.971 bits per heavy atom. The van der Waals surface area contributed by atoms with Gasteiger partial charge in [0.1, 0.15) is 10.0 Å². The Bertz CT molecular complexity index is 1470.